The first-order valence-electron chi connectivity index (χ1n) is 4.73. The van der Waals surface area contributed by atoms with Crippen LogP contribution in [-0.2, 0) is 0 Å². The van der Waals surface area contributed by atoms with Crippen molar-refractivity contribution in [2.75, 3.05) is 0 Å². The molecule has 0 saturated carbocycles. The molecule has 3 N–H and O–H groups in total. The number of hydrogen-bond acceptors (Lipinski definition) is 4. The van der Waals surface area contributed by atoms with Gasteiger partial charge in [0.25, 0.3) is 0 Å². The van der Waals surface area contributed by atoms with Crippen LogP contribution in [0.15, 0.2) is 18.2 Å². The largest absolute Gasteiger partial charge is 0.586 e. The van der Waals surface area contributed by atoms with Crippen LogP contribution in [-0.4, -0.2) is 17.5 Å². The number of hydrogen-bond donors (Lipinski definition) is 2. The van der Waals surface area contributed by atoms with Crippen molar-refractivity contribution >= 4 is 0 Å². The summed E-state index contributed by atoms with van der Waals surface area (Å²) in [5, 5.41) is 9.33. The molecule has 16 heavy (non-hydrogen) atoms. The highest BCUT2D eigenvalue weighted by Gasteiger charge is 2.45. The highest BCUT2D eigenvalue weighted by molar-refractivity contribution is 5.50. The summed E-state index contributed by atoms with van der Waals surface area (Å²) in [6.07, 6.45) is -4.54. The van der Waals surface area contributed by atoms with E-state index in [0.29, 0.717) is 5.56 Å². The lowest BCUT2D eigenvalue weighted by Gasteiger charge is -2.16. The zero-order chi connectivity index (χ0) is 11.9. The molecule has 6 heteroatoms. The Morgan fingerprint density at radius 3 is 2.69 bits per heavy atom. The van der Waals surface area contributed by atoms with Gasteiger partial charge in [-0.15, -0.1) is 8.78 Å². The maximum Gasteiger partial charge on any atom is 0.586 e. The molecule has 2 atom stereocenters. The van der Waals surface area contributed by atoms with E-state index in [1.165, 1.54) is 25.1 Å². The predicted octanol–water partition coefficient (Wildman–Crippen LogP) is 1.39. The van der Waals surface area contributed by atoms with Crippen molar-refractivity contribution < 1.29 is 23.4 Å². The number of ether oxygens (including phenoxy) is 2. The Morgan fingerprint density at radius 2 is 2.06 bits per heavy atom. The number of aliphatic hydroxyl groups is 1. The van der Waals surface area contributed by atoms with Gasteiger partial charge in [-0.1, -0.05) is 12.1 Å². The number of halogens is 2. The van der Waals surface area contributed by atoms with Crippen LogP contribution in [0.2, 0.25) is 0 Å². The fourth-order valence-corrected chi connectivity index (χ4v) is 1.51. The molecule has 4 nitrogen and oxygen atoms in total. The summed E-state index contributed by atoms with van der Waals surface area (Å²) in [5.74, 6) is -0.181. The van der Waals surface area contributed by atoms with Crippen molar-refractivity contribution in [3.05, 3.63) is 23.8 Å². The molecule has 0 unspecified atom stereocenters. The molecular formula is C10H11F2NO3. The second-order valence-electron chi connectivity index (χ2n) is 3.61. The first-order chi connectivity index (χ1) is 7.41. The summed E-state index contributed by atoms with van der Waals surface area (Å²) in [7, 11) is 0. The molecule has 0 spiro atoms. The summed E-state index contributed by atoms with van der Waals surface area (Å²) in [4.78, 5) is 0. The summed E-state index contributed by atoms with van der Waals surface area (Å²) in [6.45, 7) is 1.47. The molecule has 0 fully saturated rings. The van der Waals surface area contributed by atoms with E-state index >= 15 is 0 Å². The second-order valence-corrected chi connectivity index (χ2v) is 3.61. The fraction of sp³-hybridized carbons (Fsp3) is 0.400. The first kappa shape index (κ1) is 11.1. The smallest absolute Gasteiger partial charge is 0.395 e. The van der Waals surface area contributed by atoms with Crippen molar-refractivity contribution in [3.63, 3.8) is 0 Å². The van der Waals surface area contributed by atoms with Crippen LogP contribution < -0.4 is 15.2 Å². The van der Waals surface area contributed by atoms with Crippen molar-refractivity contribution in [1.29, 1.82) is 0 Å². The van der Waals surface area contributed by atoms with E-state index in [-0.39, 0.29) is 11.5 Å². The Hall–Kier alpha value is -1.40. The molecule has 0 saturated heterocycles. The van der Waals surface area contributed by atoms with Crippen molar-refractivity contribution in [2.45, 2.75) is 25.4 Å². The van der Waals surface area contributed by atoms with E-state index < -0.39 is 18.4 Å². The first-order valence-corrected chi connectivity index (χ1v) is 4.73. The Morgan fingerprint density at radius 1 is 1.38 bits per heavy atom. The minimum Gasteiger partial charge on any atom is -0.395 e. The molecule has 0 radical (unpaired) electrons. The van der Waals surface area contributed by atoms with Gasteiger partial charge in [0.2, 0.25) is 0 Å². The zero-order valence-corrected chi connectivity index (χ0v) is 8.48. The lowest BCUT2D eigenvalue weighted by Crippen LogP contribution is -2.27. The van der Waals surface area contributed by atoms with Crippen LogP contribution in [0.3, 0.4) is 0 Å². The van der Waals surface area contributed by atoms with Gasteiger partial charge in [-0.3, -0.25) is 0 Å². The maximum atomic E-state index is 12.8. The lowest BCUT2D eigenvalue weighted by atomic mass is 10.0. The average molecular weight is 231 g/mol. The second kappa shape index (κ2) is 3.57. The van der Waals surface area contributed by atoms with Gasteiger partial charge in [0.1, 0.15) is 0 Å². The number of aliphatic hydroxyl groups excluding tert-OH is 1. The molecule has 1 aliphatic rings. The molecule has 0 aliphatic carbocycles. The summed E-state index contributed by atoms with van der Waals surface area (Å²) in [6, 6.07) is 3.59. The van der Waals surface area contributed by atoms with Crippen molar-refractivity contribution in [2.24, 2.45) is 5.73 Å². The van der Waals surface area contributed by atoms with Crippen LogP contribution in [0.5, 0.6) is 11.5 Å². The van der Waals surface area contributed by atoms with Gasteiger partial charge in [-0.2, -0.15) is 0 Å². The molecule has 2 rings (SSSR count). The Kier molecular flexibility index (Phi) is 2.47. The zero-order valence-electron chi connectivity index (χ0n) is 8.48. The Labute approximate surface area is 90.6 Å². The van der Waals surface area contributed by atoms with Crippen LogP contribution in [0, 0.1) is 0 Å². The number of rotatable bonds is 2. The predicted molar refractivity (Wildman–Crippen MR) is 51.3 cm³/mol. The van der Waals surface area contributed by atoms with E-state index in [2.05, 4.69) is 9.47 Å². The molecule has 0 amide bonds. The average Bonchev–Trinajstić information content (AvgIpc) is 2.49. The van der Waals surface area contributed by atoms with Crippen LogP contribution >= 0.6 is 0 Å². The van der Waals surface area contributed by atoms with E-state index in [1.807, 2.05) is 0 Å². The molecule has 1 heterocycles. The quantitative estimate of drug-likeness (QED) is 0.807. The number of benzene rings is 1. The van der Waals surface area contributed by atoms with Crippen LogP contribution in [0.1, 0.15) is 18.5 Å². The molecule has 1 aromatic rings. The number of fused-ring (bicyclic) bond motifs is 1. The van der Waals surface area contributed by atoms with Gasteiger partial charge >= 0.3 is 6.29 Å². The Bertz CT molecular complexity index is 409. The molecule has 0 aromatic heterocycles. The maximum absolute atomic E-state index is 12.8. The van der Waals surface area contributed by atoms with Crippen LogP contribution in [0.4, 0.5) is 8.78 Å². The van der Waals surface area contributed by atoms with Gasteiger partial charge in [-0.25, -0.2) is 0 Å². The van der Waals surface area contributed by atoms with Crippen LogP contribution in [0.25, 0.3) is 0 Å². The third kappa shape index (κ3) is 1.81. The number of para-hydroxylation sites is 1. The van der Waals surface area contributed by atoms with Gasteiger partial charge < -0.3 is 20.3 Å². The van der Waals surface area contributed by atoms with Gasteiger partial charge in [0.15, 0.2) is 11.5 Å². The van der Waals surface area contributed by atoms with E-state index in [9.17, 15) is 13.9 Å². The highest BCUT2D eigenvalue weighted by atomic mass is 19.3. The van der Waals surface area contributed by atoms with E-state index in [1.54, 1.807) is 0 Å². The number of alkyl halides is 2. The van der Waals surface area contributed by atoms with E-state index in [4.69, 9.17) is 5.73 Å². The summed E-state index contributed by atoms with van der Waals surface area (Å²) < 4.78 is 34.3. The van der Waals surface area contributed by atoms with Crippen molar-refractivity contribution in [3.8, 4) is 11.5 Å². The highest BCUT2D eigenvalue weighted by Crippen LogP contribution is 2.45. The molecule has 88 valence electrons. The third-order valence-corrected chi connectivity index (χ3v) is 2.34. The third-order valence-electron chi connectivity index (χ3n) is 2.34. The minimum atomic E-state index is -3.67. The number of nitrogens with two attached hydrogens (primary N) is 1. The SMILES string of the molecule is C[C@@H](O)[C@@H](N)c1cccc2c1OC(F)(F)O2. The Balaban J connectivity index is 2.41. The van der Waals surface area contributed by atoms with Gasteiger partial charge in [0.05, 0.1) is 12.1 Å². The fourth-order valence-electron chi connectivity index (χ4n) is 1.51. The molecule has 1 aliphatic heterocycles. The van der Waals surface area contributed by atoms with Gasteiger partial charge in [0, 0.05) is 5.56 Å². The normalized spacial score (nSPS) is 20.6. The lowest BCUT2D eigenvalue weighted by molar-refractivity contribution is -0.287. The minimum absolute atomic E-state index is 0.0707. The van der Waals surface area contributed by atoms with Gasteiger partial charge in [-0.05, 0) is 13.0 Å². The van der Waals surface area contributed by atoms with E-state index in [0.717, 1.165) is 0 Å². The molecular weight excluding hydrogens is 220 g/mol. The summed E-state index contributed by atoms with van der Waals surface area (Å²) >= 11 is 0. The monoisotopic (exact) mass is 231 g/mol. The van der Waals surface area contributed by atoms with Crippen molar-refractivity contribution in [1.82, 2.24) is 0 Å². The topological polar surface area (TPSA) is 64.7 Å². The summed E-state index contributed by atoms with van der Waals surface area (Å²) in [5.41, 5.74) is 5.96. The molecule has 0 bridgehead atoms. The standard InChI is InChI=1S/C10H11F2NO3/c1-5(14)8(13)6-3-2-4-7-9(6)16-10(11,12)15-7/h2-5,8,14H,13H2,1H3/t5-,8-/m1/s1. The molecule has 1 aromatic carbocycles.